The number of rotatable bonds is 4. The summed E-state index contributed by atoms with van der Waals surface area (Å²) in [5.74, 6) is -0.0835. The second-order valence-electron chi connectivity index (χ2n) is 5.90. The number of hydrogen-bond acceptors (Lipinski definition) is 4. The van der Waals surface area contributed by atoms with Crippen molar-refractivity contribution in [3.8, 4) is 22.5 Å². The van der Waals surface area contributed by atoms with Crippen LogP contribution in [0, 0.1) is 0 Å². The third kappa shape index (κ3) is 3.17. The minimum absolute atomic E-state index is 0.0835. The average Bonchev–Trinajstić information content (AvgIpc) is 3.16. The summed E-state index contributed by atoms with van der Waals surface area (Å²) < 4.78 is 1.62. The Bertz CT molecular complexity index is 1090. The first-order valence-corrected chi connectivity index (χ1v) is 8.29. The number of nitrogens with zero attached hydrogens (tertiary/aromatic N) is 4. The molecule has 1 N–H and O–H groups in total. The summed E-state index contributed by atoms with van der Waals surface area (Å²) in [6.45, 7) is 0.201. The van der Waals surface area contributed by atoms with Crippen LogP contribution < -0.4 is 5.32 Å². The lowest BCUT2D eigenvalue weighted by Gasteiger charge is -2.05. The van der Waals surface area contributed by atoms with Gasteiger partial charge in [0.1, 0.15) is 6.54 Å². The van der Waals surface area contributed by atoms with Crippen molar-refractivity contribution in [2.75, 3.05) is 7.05 Å². The topological polar surface area (TPSA) is 72.7 Å². The zero-order valence-corrected chi connectivity index (χ0v) is 14.3. The van der Waals surface area contributed by atoms with Crippen LogP contribution in [0.4, 0.5) is 0 Å². The van der Waals surface area contributed by atoms with Crippen molar-refractivity contribution in [3.05, 3.63) is 67.0 Å². The number of para-hydroxylation sites is 2. The highest BCUT2D eigenvalue weighted by atomic mass is 16.1. The van der Waals surface area contributed by atoms with Crippen LogP contribution in [0.15, 0.2) is 67.0 Å². The summed E-state index contributed by atoms with van der Waals surface area (Å²) in [4.78, 5) is 20.7. The van der Waals surface area contributed by atoms with Crippen LogP contribution in [0.5, 0.6) is 0 Å². The number of nitrogens with one attached hydrogen (secondary N) is 1. The van der Waals surface area contributed by atoms with Gasteiger partial charge in [0.2, 0.25) is 5.91 Å². The Morgan fingerprint density at radius 2 is 1.77 bits per heavy atom. The van der Waals surface area contributed by atoms with Gasteiger partial charge in [-0.1, -0.05) is 30.3 Å². The molecule has 0 saturated heterocycles. The Morgan fingerprint density at radius 1 is 1.00 bits per heavy atom. The van der Waals surface area contributed by atoms with Crippen molar-refractivity contribution in [1.82, 2.24) is 25.1 Å². The van der Waals surface area contributed by atoms with Gasteiger partial charge in [0, 0.05) is 24.4 Å². The lowest BCUT2D eigenvalue weighted by Crippen LogP contribution is -2.23. The van der Waals surface area contributed by atoms with Gasteiger partial charge in [0.25, 0.3) is 0 Å². The smallest absolute Gasteiger partial charge is 0.241 e. The number of aromatic nitrogens is 4. The van der Waals surface area contributed by atoms with E-state index in [4.69, 9.17) is 4.98 Å². The van der Waals surface area contributed by atoms with Gasteiger partial charge >= 0.3 is 0 Å². The molecule has 0 spiro atoms. The first kappa shape index (κ1) is 16.0. The Balaban J connectivity index is 1.67. The van der Waals surface area contributed by atoms with Crippen LogP contribution in [0.2, 0.25) is 0 Å². The highest BCUT2D eigenvalue weighted by molar-refractivity contribution is 5.78. The summed E-state index contributed by atoms with van der Waals surface area (Å²) in [6.07, 6.45) is 3.58. The number of amides is 1. The molecule has 6 heteroatoms. The molecule has 0 aliphatic heterocycles. The maximum Gasteiger partial charge on any atom is 0.241 e. The van der Waals surface area contributed by atoms with E-state index in [1.54, 1.807) is 24.1 Å². The zero-order chi connectivity index (χ0) is 17.9. The molecular formula is C20H17N5O. The number of benzene rings is 2. The summed E-state index contributed by atoms with van der Waals surface area (Å²) in [6, 6.07) is 17.7. The van der Waals surface area contributed by atoms with Crippen LogP contribution in [0.3, 0.4) is 0 Å². The third-order valence-corrected chi connectivity index (χ3v) is 4.13. The van der Waals surface area contributed by atoms with Crippen LogP contribution in [-0.4, -0.2) is 32.7 Å². The molecule has 4 aromatic rings. The molecule has 26 heavy (non-hydrogen) atoms. The van der Waals surface area contributed by atoms with Gasteiger partial charge in [-0.25, -0.2) is 4.98 Å². The monoisotopic (exact) mass is 343 g/mol. The van der Waals surface area contributed by atoms with Gasteiger partial charge < -0.3 is 5.32 Å². The molecule has 2 heterocycles. The fraction of sp³-hybridized carbons (Fsp3) is 0.100. The van der Waals surface area contributed by atoms with Gasteiger partial charge in [-0.05, 0) is 24.3 Å². The van der Waals surface area contributed by atoms with Gasteiger partial charge in [0.15, 0.2) is 0 Å². The van der Waals surface area contributed by atoms with E-state index >= 15 is 0 Å². The van der Waals surface area contributed by atoms with Crippen LogP contribution >= 0.6 is 0 Å². The second kappa shape index (κ2) is 6.76. The number of carbonyl (C=O) groups excluding carboxylic acids is 1. The molecule has 128 valence electrons. The maximum absolute atomic E-state index is 11.5. The first-order valence-electron chi connectivity index (χ1n) is 8.29. The van der Waals surface area contributed by atoms with E-state index in [9.17, 15) is 4.79 Å². The van der Waals surface area contributed by atoms with Crippen LogP contribution in [-0.2, 0) is 11.3 Å². The molecule has 0 radical (unpaired) electrons. The normalized spacial score (nSPS) is 10.8. The Morgan fingerprint density at radius 3 is 2.58 bits per heavy atom. The van der Waals surface area contributed by atoms with Gasteiger partial charge in [-0.2, -0.15) is 5.10 Å². The van der Waals surface area contributed by atoms with Crippen molar-refractivity contribution < 1.29 is 4.79 Å². The standard InChI is InChI=1S/C20H17N5O/c1-21-20(26)13-25-10-9-16(24-25)14-5-4-6-15(11-14)19-12-22-17-7-2-3-8-18(17)23-19/h2-12H,13H2,1H3,(H,21,26). The molecule has 1 amide bonds. The van der Waals surface area contributed by atoms with Crippen LogP contribution in [0.25, 0.3) is 33.5 Å². The number of carbonyl (C=O) groups is 1. The van der Waals surface area contributed by atoms with E-state index in [1.807, 2.05) is 54.6 Å². The zero-order valence-electron chi connectivity index (χ0n) is 14.3. The molecule has 2 aromatic carbocycles. The Labute approximate surface area is 150 Å². The van der Waals surface area contributed by atoms with E-state index < -0.39 is 0 Å². The Kier molecular flexibility index (Phi) is 4.15. The van der Waals surface area contributed by atoms with E-state index in [2.05, 4.69) is 15.4 Å². The SMILES string of the molecule is CNC(=O)Cn1ccc(-c2cccc(-c3cnc4ccccc4n3)c2)n1. The van der Waals surface area contributed by atoms with Crippen molar-refractivity contribution in [1.29, 1.82) is 0 Å². The Hall–Kier alpha value is -3.54. The molecule has 0 saturated carbocycles. The molecule has 6 nitrogen and oxygen atoms in total. The molecule has 0 fully saturated rings. The lowest BCUT2D eigenvalue weighted by atomic mass is 10.1. The van der Waals surface area contributed by atoms with Gasteiger partial charge in [-0.15, -0.1) is 0 Å². The van der Waals surface area contributed by atoms with E-state index in [0.717, 1.165) is 33.5 Å². The van der Waals surface area contributed by atoms with Crippen molar-refractivity contribution in [2.24, 2.45) is 0 Å². The number of fused-ring (bicyclic) bond motifs is 1. The predicted molar refractivity (Wildman–Crippen MR) is 100 cm³/mol. The first-order chi connectivity index (χ1) is 12.7. The summed E-state index contributed by atoms with van der Waals surface area (Å²) in [5.41, 5.74) is 5.31. The fourth-order valence-electron chi connectivity index (χ4n) is 2.76. The van der Waals surface area contributed by atoms with E-state index in [0.29, 0.717) is 0 Å². The van der Waals surface area contributed by atoms with Crippen molar-refractivity contribution in [3.63, 3.8) is 0 Å². The van der Waals surface area contributed by atoms with Crippen molar-refractivity contribution >= 4 is 16.9 Å². The van der Waals surface area contributed by atoms with Crippen LogP contribution in [0.1, 0.15) is 0 Å². The van der Waals surface area contributed by atoms with E-state index in [1.165, 1.54) is 0 Å². The van der Waals surface area contributed by atoms with Gasteiger partial charge in [-0.3, -0.25) is 14.5 Å². The lowest BCUT2D eigenvalue weighted by molar-refractivity contribution is -0.121. The number of likely N-dealkylation sites (N-methyl/N-ethyl adjacent to an activating group) is 1. The highest BCUT2D eigenvalue weighted by Gasteiger charge is 2.08. The molecule has 4 rings (SSSR count). The molecule has 0 atom stereocenters. The van der Waals surface area contributed by atoms with E-state index in [-0.39, 0.29) is 12.5 Å². The summed E-state index contributed by atoms with van der Waals surface area (Å²) in [7, 11) is 1.61. The minimum atomic E-state index is -0.0835. The summed E-state index contributed by atoms with van der Waals surface area (Å²) >= 11 is 0. The number of hydrogen-bond donors (Lipinski definition) is 1. The predicted octanol–water partition coefficient (Wildman–Crippen LogP) is 2.91. The highest BCUT2D eigenvalue weighted by Crippen LogP contribution is 2.25. The average molecular weight is 343 g/mol. The fourth-order valence-corrected chi connectivity index (χ4v) is 2.76. The minimum Gasteiger partial charge on any atom is -0.358 e. The quantitative estimate of drug-likeness (QED) is 0.618. The second-order valence-corrected chi connectivity index (χ2v) is 5.90. The largest absolute Gasteiger partial charge is 0.358 e. The molecule has 0 unspecified atom stereocenters. The third-order valence-electron chi connectivity index (χ3n) is 4.13. The van der Waals surface area contributed by atoms with Crippen molar-refractivity contribution in [2.45, 2.75) is 6.54 Å². The molecule has 0 bridgehead atoms. The van der Waals surface area contributed by atoms with Gasteiger partial charge in [0.05, 0.1) is 28.6 Å². The summed E-state index contributed by atoms with van der Waals surface area (Å²) in [5, 5.41) is 7.07. The molecule has 0 aliphatic rings. The molecule has 0 aliphatic carbocycles. The molecular weight excluding hydrogens is 326 g/mol. The maximum atomic E-state index is 11.5. The molecule has 2 aromatic heterocycles.